The van der Waals surface area contributed by atoms with Gasteiger partial charge in [0.25, 0.3) is 0 Å². The van der Waals surface area contributed by atoms with E-state index in [1.165, 1.54) is 51.4 Å². The molecule has 10 atom stereocenters. The molecule has 4 aliphatic carbocycles. The Kier molecular flexibility index (Phi) is 6.53. The quantitative estimate of drug-likeness (QED) is 0.454. The summed E-state index contributed by atoms with van der Waals surface area (Å²) in [5, 5.41) is 10.3. The molecule has 0 spiro atoms. The first-order valence-corrected chi connectivity index (χ1v) is 13.6. The zero-order chi connectivity index (χ0) is 21.7. The van der Waals surface area contributed by atoms with Crippen LogP contribution >= 0.6 is 0 Å². The van der Waals surface area contributed by atoms with Crippen LogP contribution in [0.1, 0.15) is 106 Å². The molecule has 0 saturated heterocycles. The Morgan fingerprint density at radius 1 is 0.867 bits per heavy atom. The number of allylic oxidation sites excluding steroid dienone is 2. The summed E-state index contributed by atoms with van der Waals surface area (Å²) in [6.45, 7) is 14.9. The lowest BCUT2D eigenvalue weighted by atomic mass is 9.44. The largest absolute Gasteiger partial charge is 0.393 e. The van der Waals surface area contributed by atoms with Crippen LogP contribution in [0.3, 0.4) is 0 Å². The molecule has 4 saturated carbocycles. The fourth-order valence-corrected chi connectivity index (χ4v) is 9.42. The van der Waals surface area contributed by atoms with Crippen LogP contribution in [-0.2, 0) is 0 Å². The summed E-state index contributed by atoms with van der Waals surface area (Å²) in [6, 6.07) is 0. The number of rotatable bonds is 5. The highest BCUT2D eigenvalue weighted by atomic mass is 16.3. The van der Waals surface area contributed by atoms with Crippen LogP contribution < -0.4 is 0 Å². The minimum atomic E-state index is -0.0187. The highest BCUT2D eigenvalue weighted by molar-refractivity contribution is 5.11. The van der Waals surface area contributed by atoms with Crippen LogP contribution in [0.4, 0.5) is 0 Å². The van der Waals surface area contributed by atoms with Crippen molar-refractivity contribution >= 4 is 0 Å². The Bertz CT molecular complexity index is 622. The van der Waals surface area contributed by atoms with Crippen molar-refractivity contribution in [3.63, 3.8) is 0 Å². The van der Waals surface area contributed by atoms with Crippen molar-refractivity contribution in [2.45, 2.75) is 112 Å². The zero-order valence-corrected chi connectivity index (χ0v) is 20.9. The first-order chi connectivity index (χ1) is 14.2. The standard InChI is InChI=1S/C29H50O/c1-7-21(19(2)3)9-8-20(4)25-12-13-26-24-11-10-22-18-23(30)14-16-28(22,5)27(24)15-17-29(25,26)6/h8-9,19-27,30H,7,10-18H2,1-6H3/b9-8+/t20-,21+,22?,23+,24?,25-,26?,27?,28+,29-/m1/s1. The normalized spacial score (nSPS) is 48.3. The van der Waals surface area contributed by atoms with Crippen LogP contribution in [0.2, 0.25) is 0 Å². The van der Waals surface area contributed by atoms with Gasteiger partial charge in [-0.15, -0.1) is 0 Å². The second-order valence-electron chi connectivity index (χ2n) is 12.9. The lowest BCUT2D eigenvalue weighted by Gasteiger charge is -2.61. The zero-order valence-electron chi connectivity index (χ0n) is 20.9. The number of hydrogen-bond donors (Lipinski definition) is 1. The predicted molar refractivity (Wildman–Crippen MR) is 128 cm³/mol. The Balaban J connectivity index is 1.49. The first-order valence-electron chi connectivity index (χ1n) is 13.6. The number of aliphatic hydroxyl groups is 1. The monoisotopic (exact) mass is 414 g/mol. The summed E-state index contributed by atoms with van der Waals surface area (Å²) < 4.78 is 0. The van der Waals surface area contributed by atoms with Crippen molar-refractivity contribution in [1.29, 1.82) is 0 Å². The molecule has 172 valence electrons. The third-order valence-corrected chi connectivity index (χ3v) is 11.3. The molecule has 0 amide bonds. The molecule has 0 bridgehead atoms. The van der Waals surface area contributed by atoms with E-state index in [1.807, 2.05) is 0 Å². The number of hydrogen-bond acceptors (Lipinski definition) is 1. The molecule has 4 unspecified atom stereocenters. The lowest BCUT2D eigenvalue weighted by Crippen LogP contribution is -2.54. The molecule has 0 aromatic heterocycles. The van der Waals surface area contributed by atoms with Gasteiger partial charge in [0, 0.05) is 0 Å². The molecule has 30 heavy (non-hydrogen) atoms. The molecule has 0 heterocycles. The molecule has 4 fully saturated rings. The summed E-state index contributed by atoms with van der Waals surface area (Å²) in [5.74, 6) is 6.72. The summed E-state index contributed by atoms with van der Waals surface area (Å²) in [4.78, 5) is 0. The fraction of sp³-hybridized carbons (Fsp3) is 0.931. The smallest absolute Gasteiger partial charge is 0.0543 e. The van der Waals surface area contributed by atoms with E-state index < -0.39 is 0 Å². The van der Waals surface area contributed by atoms with Crippen molar-refractivity contribution < 1.29 is 5.11 Å². The van der Waals surface area contributed by atoms with Gasteiger partial charge < -0.3 is 5.11 Å². The average Bonchev–Trinajstić information content (AvgIpc) is 3.06. The Morgan fingerprint density at radius 3 is 2.27 bits per heavy atom. The van der Waals surface area contributed by atoms with Gasteiger partial charge in [-0.25, -0.2) is 0 Å². The topological polar surface area (TPSA) is 20.2 Å². The van der Waals surface area contributed by atoms with Crippen LogP contribution in [0.5, 0.6) is 0 Å². The maximum absolute atomic E-state index is 10.3. The Labute approximate surface area is 187 Å². The summed E-state index contributed by atoms with van der Waals surface area (Å²) >= 11 is 0. The van der Waals surface area contributed by atoms with E-state index >= 15 is 0 Å². The summed E-state index contributed by atoms with van der Waals surface area (Å²) in [5.41, 5.74) is 1.07. The molecular formula is C29H50O. The average molecular weight is 415 g/mol. The lowest BCUT2D eigenvalue weighted by molar-refractivity contribution is -0.128. The maximum atomic E-state index is 10.3. The summed E-state index contributed by atoms with van der Waals surface area (Å²) in [6.07, 6.45) is 18.5. The Morgan fingerprint density at radius 2 is 1.57 bits per heavy atom. The van der Waals surface area contributed by atoms with Gasteiger partial charge in [0.1, 0.15) is 0 Å². The molecule has 1 heteroatoms. The van der Waals surface area contributed by atoms with Gasteiger partial charge in [-0.05, 0) is 122 Å². The van der Waals surface area contributed by atoms with Gasteiger partial charge in [-0.3, -0.25) is 0 Å². The maximum Gasteiger partial charge on any atom is 0.0543 e. The minimum absolute atomic E-state index is 0.0187. The first kappa shape index (κ1) is 22.9. The molecule has 1 nitrogen and oxygen atoms in total. The molecule has 4 rings (SSSR count). The van der Waals surface area contributed by atoms with Gasteiger partial charge in [0.15, 0.2) is 0 Å². The molecule has 0 radical (unpaired) electrons. The molecular weight excluding hydrogens is 364 g/mol. The SMILES string of the molecule is CC[C@@H](/C=C/[C@@H](C)[C@H]1CCC2C3CCC4C[C@@H](O)CC[C@]4(C)C3CC[C@@]21C)C(C)C. The third kappa shape index (κ3) is 3.74. The second-order valence-corrected chi connectivity index (χ2v) is 12.9. The van der Waals surface area contributed by atoms with E-state index in [9.17, 15) is 5.11 Å². The van der Waals surface area contributed by atoms with Crippen molar-refractivity contribution in [2.24, 2.45) is 58.2 Å². The van der Waals surface area contributed by atoms with Gasteiger partial charge in [0.2, 0.25) is 0 Å². The van der Waals surface area contributed by atoms with Crippen molar-refractivity contribution in [3.05, 3.63) is 12.2 Å². The molecule has 0 aromatic rings. The van der Waals surface area contributed by atoms with Gasteiger partial charge >= 0.3 is 0 Å². The number of aliphatic hydroxyl groups excluding tert-OH is 1. The van der Waals surface area contributed by atoms with Gasteiger partial charge in [-0.1, -0.05) is 53.7 Å². The third-order valence-electron chi connectivity index (χ3n) is 11.3. The molecule has 0 aliphatic heterocycles. The van der Waals surface area contributed by atoms with Crippen molar-refractivity contribution in [1.82, 2.24) is 0 Å². The molecule has 1 N–H and O–H groups in total. The fourth-order valence-electron chi connectivity index (χ4n) is 9.42. The van der Waals surface area contributed by atoms with E-state index in [4.69, 9.17) is 0 Å². The van der Waals surface area contributed by atoms with Crippen molar-refractivity contribution in [3.8, 4) is 0 Å². The van der Waals surface area contributed by atoms with E-state index in [1.54, 1.807) is 0 Å². The van der Waals surface area contributed by atoms with Crippen molar-refractivity contribution in [2.75, 3.05) is 0 Å². The van der Waals surface area contributed by atoms with Crippen LogP contribution in [-0.4, -0.2) is 11.2 Å². The second kappa shape index (κ2) is 8.57. The van der Waals surface area contributed by atoms with Gasteiger partial charge in [-0.2, -0.15) is 0 Å². The van der Waals surface area contributed by atoms with Gasteiger partial charge in [0.05, 0.1) is 6.10 Å². The van der Waals surface area contributed by atoms with Crippen LogP contribution in [0, 0.1) is 58.2 Å². The minimum Gasteiger partial charge on any atom is -0.393 e. The van der Waals surface area contributed by atoms with E-state index in [0.717, 1.165) is 60.2 Å². The van der Waals surface area contributed by atoms with E-state index in [-0.39, 0.29) is 6.10 Å². The van der Waals surface area contributed by atoms with E-state index in [0.29, 0.717) is 10.8 Å². The highest BCUT2D eigenvalue weighted by Gasteiger charge is 2.60. The highest BCUT2D eigenvalue weighted by Crippen LogP contribution is 2.68. The predicted octanol–water partition coefficient (Wildman–Crippen LogP) is 7.88. The Hall–Kier alpha value is -0.300. The van der Waals surface area contributed by atoms with Crippen LogP contribution in [0.25, 0.3) is 0 Å². The number of fused-ring (bicyclic) bond motifs is 5. The molecule has 4 aliphatic rings. The van der Waals surface area contributed by atoms with E-state index in [2.05, 4.69) is 53.7 Å². The summed E-state index contributed by atoms with van der Waals surface area (Å²) in [7, 11) is 0. The molecule has 0 aromatic carbocycles. The van der Waals surface area contributed by atoms with Crippen LogP contribution in [0.15, 0.2) is 12.2 Å².